The van der Waals surface area contributed by atoms with Gasteiger partial charge >= 0.3 is 0 Å². The highest BCUT2D eigenvalue weighted by molar-refractivity contribution is 6.06. The van der Waals surface area contributed by atoms with Crippen molar-refractivity contribution in [2.45, 2.75) is 88.6 Å². The van der Waals surface area contributed by atoms with Crippen molar-refractivity contribution in [1.29, 1.82) is 0 Å². The fraction of sp³-hybridized carbons (Fsp3) is 0.680. The van der Waals surface area contributed by atoms with Crippen molar-refractivity contribution in [1.82, 2.24) is 4.90 Å². The Balaban J connectivity index is 1.42. The molecule has 3 atom stereocenters. The van der Waals surface area contributed by atoms with Crippen LogP contribution in [0.25, 0.3) is 0 Å². The number of amides is 1. The number of hydrogen-bond acceptors (Lipinski definition) is 4. The average molecular weight is 411 g/mol. The molecule has 3 N–H and O–H groups in total. The van der Waals surface area contributed by atoms with Crippen LogP contribution in [0.15, 0.2) is 35.3 Å². The summed E-state index contributed by atoms with van der Waals surface area (Å²) in [7, 11) is 1.78. The van der Waals surface area contributed by atoms with E-state index in [0.717, 1.165) is 31.6 Å². The number of guanidine groups is 1. The Hall–Kier alpha value is -2.04. The zero-order chi connectivity index (χ0) is 21.0. The lowest BCUT2D eigenvalue weighted by Gasteiger charge is -2.36. The third kappa shape index (κ3) is 4.81. The summed E-state index contributed by atoms with van der Waals surface area (Å²) in [5.41, 5.74) is 6.69. The molecule has 4 rings (SSSR count). The van der Waals surface area contributed by atoms with Gasteiger partial charge in [-0.05, 0) is 56.1 Å². The smallest absolute Gasteiger partial charge is 0.257 e. The molecule has 30 heavy (non-hydrogen) atoms. The monoisotopic (exact) mass is 410 g/mol. The Morgan fingerprint density at radius 2 is 1.80 bits per heavy atom. The Morgan fingerprint density at radius 3 is 2.50 bits per heavy atom. The highest BCUT2D eigenvalue weighted by atomic mass is 16.2. The van der Waals surface area contributed by atoms with Gasteiger partial charge in [-0.3, -0.25) is 9.69 Å². The average Bonchev–Trinajstić information content (AvgIpc) is 2.98. The van der Waals surface area contributed by atoms with Crippen molar-refractivity contribution >= 4 is 17.6 Å². The number of para-hydroxylation sites is 1. The predicted octanol–water partition coefficient (Wildman–Crippen LogP) is 4.93. The number of hydrogen-bond donors (Lipinski definition) is 2. The molecule has 2 aliphatic carbocycles. The molecule has 0 spiro atoms. The van der Waals surface area contributed by atoms with E-state index in [9.17, 15) is 4.79 Å². The van der Waals surface area contributed by atoms with Gasteiger partial charge in [-0.1, -0.05) is 63.1 Å². The molecule has 2 saturated carbocycles. The van der Waals surface area contributed by atoms with E-state index in [1.165, 1.54) is 57.1 Å². The highest BCUT2D eigenvalue weighted by Gasteiger charge is 2.47. The Kier molecular flexibility index (Phi) is 6.64. The Labute approximate surface area is 181 Å². The molecule has 1 aliphatic heterocycles. The lowest BCUT2D eigenvalue weighted by molar-refractivity contribution is -0.131. The normalized spacial score (nSPS) is 30.4. The maximum atomic E-state index is 13.3. The first-order valence-electron chi connectivity index (χ1n) is 12.0. The van der Waals surface area contributed by atoms with Crippen LogP contribution in [0.2, 0.25) is 0 Å². The number of aliphatic imine (C=N–C) groups is 1. The highest BCUT2D eigenvalue weighted by Crippen LogP contribution is 2.40. The summed E-state index contributed by atoms with van der Waals surface area (Å²) in [5.74, 6) is 1.79. The molecular weight excluding hydrogens is 372 g/mol. The first-order valence-corrected chi connectivity index (χ1v) is 12.0. The Bertz CT molecular complexity index is 743. The number of carbonyl (C=O) groups is 1. The number of nitrogens with zero attached hydrogens (tertiary/aromatic N) is 2. The zero-order valence-electron chi connectivity index (χ0n) is 18.5. The van der Waals surface area contributed by atoms with Gasteiger partial charge in [0.25, 0.3) is 5.91 Å². The van der Waals surface area contributed by atoms with E-state index in [1.54, 1.807) is 11.9 Å². The van der Waals surface area contributed by atoms with Crippen LogP contribution in [0.1, 0.15) is 77.0 Å². The molecule has 0 radical (unpaired) electrons. The van der Waals surface area contributed by atoms with Gasteiger partial charge in [-0.15, -0.1) is 0 Å². The van der Waals surface area contributed by atoms with Crippen molar-refractivity contribution in [3.05, 3.63) is 30.3 Å². The molecule has 5 nitrogen and oxygen atoms in total. The van der Waals surface area contributed by atoms with Crippen LogP contribution in [-0.4, -0.2) is 35.4 Å². The molecule has 1 heterocycles. The molecule has 1 amide bonds. The van der Waals surface area contributed by atoms with Gasteiger partial charge in [0.15, 0.2) is 5.96 Å². The maximum Gasteiger partial charge on any atom is 0.257 e. The number of likely N-dealkylation sites (N-methyl/N-ethyl adjacent to an activating group) is 1. The second-order valence-electron chi connectivity index (χ2n) is 9.85. The van der Waals surface area contributed by atoms with Gasteiger partial charge in [-0.2, -0.15) is 0 Å². The van der Waals surface area contributed by atoms with Crippen molar-refractivity contribution in [3.8, 4) is 0 Å². The molecule has 0 saturated heterocycles. The standard InChI is InChI=1S/C25H38N4O/c1-29-23(30)25(28-24(29)26,16-15-19-9-4-2-5-10-19)18-20-11-8-14-22(17-20)27-21-12-6-3-7-13-21/h3,6-7,12-13,19-20,22,27H,2,4-5,8-11,14-18H2,1H3,(H2,26,28)/t20-,22+,25+/m0/s1. The Morgan fingerprint density at radius 1 is 1.07 bits per heavy atom. The van der Waals surface area contributed by atoms with Crippen LogP contribution >= 0.6 is 0 Å². The number of anilines is 1. The SMILES string of the molecule is CN1C(=O)[C@@](CCC2CCCCC2)(C[C@H]2CCC[C@@H](Nc3ccccc3)C2)N=C1N. The molecule has 164 valence electrons. The summed E-state index contributed by atoms with van der Waals surface area (Å²) >= 11 is 0. The maximum absolute atomic E-state index is 13.3. The van der Waals surface area contributed by atoms with E-state index < -0.39 is 5.54 Å². The van der Waals surface area contributed by atoms with E-state index in [2.05, 4.69) is 35.6 Å². The van der Waals surface area contributed by atoms with Crippen molar-refractivity contribution in [2.24, 2.45) is 22.6 Å². The van der Waals surface area contributed by atoms with Gasteiger partial charge < -0.3 is 11.1 Å². The summed E-state index contributed by atoms with van der Waals surface area (Å²) in [6.45, 7) is 0. The van der Waals surface area contributed by atoms with Crippen LogP contribution in [0, 0.1) is 11.8 Å². The van der Waals surface area contributed by atoms with E-state index in [1.807, 2.05) is 0 Å². The van der Waals surface area contributed by atoms with E-state index in [4.69, 9.17) is 10.7 Å². The number of rotatable bonds is 7. The van der Waals surface area contributed by atoms with E-state index in [-0.39, 0.29) is 5.91 Å². The molecule has 0 unspecified atom stereocenters. The largest absolute Gasteiger partial charge is 0.382 e. The summed E-state index contributed by atoms with van der Waals surface area (Å²) in [4.78, 5) is 19.7. The fourth-order valence-electron chi connectivity index (χ4n) is 5.93. The summed E-state index contributed by atoms with van der Waals surface area (Å²) in [5, 5.41) is 3.70. The van der Waals surface area contributed by atoms with Gasteiger partial charge in [0, 0.05) is 18.8 Å². The molecule has 2 fully saturated rings. The van der Waals surface area contributed by atoms with E-state index in [0.29, 0.717) is 17.9 Å². The molecule has 0 bridgehead atoms. The fourth-order valence-corrected chi connectivity index (χ4v) is 5.93. The summed E-state index contributed by atoms with van der Waals surface area (Å²) in [6, 6.07) is 10.9. The molecule has 0 aromatic heterocycles. The first kappa shape index (κ1) is 21.2. The minimum atomic E-state index is -0.629. The van der Waals surface area contributed by atoms with Crippen LogP contribution in [0.5, 0.6) is 0 Å². The minimum absolute atomic E-state index is 0.119. The van der Waals surface area contributed by atoms with Gasteiger partial charge in [-0.25, -0.2) is 4.99 Å². The molecule has 5 heteroatoms. The lowest BCUT2D eigenvalue weighted by atomic mass is 9.74. The number of carbonyl (C=O) groups excluding carboxylic acids is 1. The van der Waals surface area contributed by atoms with E-state index >= 15 is 0 Å². The first-order chi connectivity index (χ1) is 14.6. The zero-order valence-corrected chi connectivity index (χ0v) is 18.5. The molecular formula is C25H38N4O. The summed E-state index contributed by atoms with van der Waals surface area (Å²) in [6.07, 6.45) is 14.2. The van der Waals surface area contributed by atoms with Gasteiger partial charge in [0.1, 0.15) is 5.54 Å². The van der Waals surface area contributed by atoms with Crippen molar-refractivity contribution in [3.63, 3.8) is 0 Å². The molecule has 1 aromatic rings. The van der Waals surface area contributed by atoms with Gasteiger partial charge in [0.2, 0.25) is 0 Å². The molecule has 1 aromatic carbocycles. The topological polar surface area (TPSA) is 70.7 Å². The van der Waals surface area contributed by atoms with Crippen LogP contribution in [0.4, 0.5) is 5.69 Å². The van der Waals surface area contributed by atoms with Gasteiger partial charge in [0.05, 0.1) is 0 Å². The third-order valence-corrected chi connectivity index (χ3v) is 7.62. The van der Waals surface area contributed by atoms with Crippen LogP contribution in [0.3, 0.4) is 0 Å². The number of benzene rings is 1. The minimum Gasteiger partial charge on any atom is -0.382 e. The number of nitrogens with one attached hydrogen (secondary N) is 1. The molecule has 3 aliphatic rings. The quantitative estimate of drug-likeness (QED) is 0.669. The third-order valence-electron chi connectivity index (χ3n) is 7.62. The van der Waals surface area contributed by atoms with Crippen LogP contribution < -0.4 is 11.1 Å². The second kappa shape index (κ2) is 9.40. The van der Waals surface area contributed by atoms with Crippen molar-refractivity contribution in [2.75, 3.05) is 12.4 Å². The number of nitrogens with two attached hydrogens (primary N) is 1. The van der Waals surface area contributed by atoms with Crippen LogP contribution in [-0.2, 0) is 4.79 Å². The second-order valence-corrected chi connectivity index (χ2v) is 9.85. The van der Waals surface area contributed by atoms with Crippen molar-refractivity contribution < 1.29 is 4.79 Å². The summed E-state index contributed by atoms with van der Waals surface area (Å²) < 4.78 is 0. The predicted molar refractivity (Wildman–Crippen MR) is 123 cm³/mol. The lowest BCUT2D eigenvalue weighted by Crippen LogP contribution is -2.44.